The Hall–Kier alpha value is -3.13. The van der Waals surface area contributed by atoms with Crippen LogP contribution in [0.15, 0.2) is 36.4 Å². The molecule has 1 aromatic heterocycles. The number of para-hydroxylation sites is 1. The van der Waals surface area contributed by atoms with E-state index in [2.05, 4.69) is 23.8 Å². The minimum absolute atomic E-state index is 0.00573. The van der Waals surface area contributed by atoms with Crippen molar-refractivity contribution >= 4 is 23.9 Å². The van der Waals surface area contributed by atoms with Crippen molar-refractivity contribution in [1.29, 1.82) is 0 Å². The van der Waals surface area contributed by atoms with E-state index in [9.17, 15) is 14.9 Å². The minimum atomic E-state index is -0.349. The number of carbonyl (C=O) groups excluding carboxylic acids is 1. The Morgan fingerprint density at radius 1 is 1.16 bits per heavy atom. The summed E-state index contributed by atoms with van der Waals surface area (Å²) in [6, 6.07) is 10.7. The maximum absolute atomic E-state index is 13.3. The van der Waals surface area contributed by atoms with E-state index in [1.807, 2.05) is 23.1 Å². The van der Waals surface area contributed by atoms with Crippen LogP contribution in [0.5, 0.6) is 11.6 Å². The third kappa shape index (κ3) is 3.91. The van der Waals surface area contributed by atoms with Crippen molar-refractivity contribution in [2.24, 2.45) is 5.92 Å². The van der Waals surface area contributed by atoms with Gasteiger partial charge in [-0.15, -0.1) is 0 Å². The molecular formula is C24H28BN3O4. The van der Waals surface area contributed by atoms with Crippen molar-refractivity contribution in [3.05, 3.63) is 47.5 Å². The molecule has 2 unspecified atom stereocenters. The van der Waals surface area contributed by atoms with E-state index < -0.39 is 0 Å². The van der Waals surface area contributed by atoms with E-state index >= 15 is 0 Å². The van der Waals surface area contributed by atoms with Crippen LogP contribution in [0.2, 0.25) is 13.1 Å². The second kappa shape index (κ2) is 8.78. The zero-order chi connectivity index (χ0) is 23.0. The highest BCUT2D eigenvalue weighted by atomic mass is 16.5. The smallest absolute Gasteiger partial charge is 0.285 e. The van der Waals surface area contributed by atoms with Gasteiger partial charge < -0.3 is 19.8 Å². The number of methoxy groups -OCH3 is 1. The van der Waals surface area contributed by atoms with E-state index in [-0.39, 0.29) is 30.5 Å². The van der Waals surface area contributed by atoms with Crippen LogP contribution < -0.4 is 4.74 Å². The van der Waals surface area contributed by atoms with Crippen molar-refractivity contribution in [2.75, 3.05) is 7.11 Å². The number of fused-ring (bicyclic) bond motifs is 2. The van der Waals surface area contributed by atoms with Gasteiger partial charge in [0.05, 0.1) is 12.6 Å². The fourth-order valence-corrected chi connectivity index (χ4v) is 4.32. The van der Waals surface area contributed by atoms with Crippen molar-refractivity contribution in [1.82, 2.24) is 14.9 Å². The SMILES string of the molecule is COc1nc2cccc(O)c2nc1-c1cccc2c1CN(C(C)C(C)CCB(C)O)C2=O. The Bertz CT molecular complexity index is 1170. The molecule has 2 N–H and O–H groups in total. The number of phenols is 1. The lowest BCUT2D eigenvalue weighted by Crippen LogP contribution is -2.38. The van der Waals surface area contributed by atoms with Crippen LogP contribution in [0.4, 0.5) is 0 Å². The molecule has 3 aromatic rings. The maximum Gasteiger partial charge on any atom is 0.285 e. The predicted molar refractivity (Wildman–Crippen MR) is 125 cm³/mol. The first kappa shape index (κ1) is 22.1. The average molecular weight is 433 g/mol. The number of aromatic nitrogens is 2. The van der Waals surface area contributed by atoms with Gasteiger partial charge in [0, 0.05) is 23.7 Å². The Morgan fingerprint density at radius 3 is 2.59 bits per heavy atom. The van der Waals surface area contributed by atoms with E-state index in [1.165, 1.54) is 7.11 Å². The minimum Gasteiger partial charge on any atom is -0.506 e. The molecular weight excluding hydrogens is 405 g/mol. The number of hydrogen-bond donors (Lipinski definition) is 2. The lowest BCUT2D eigenvalue weighted by atomic mass is 9.65. The second-order valence-corrected chi connectivity index (χ2v) is 8.64. The van der Waals surface area contributed by atoms with Crippen LogP contribution in [-0.4, -0.2) is 51.0 Å². The van der Waals surface area contributed by atoms with Gasteiger partial charge in [0.2, 0.25) is 5.88 Å². The van der Waals surface area contributed by atoms with Gasteiger partial charge in [0.15, 0.2) is 0 Å². The molecule has 0 bridgehead atoms. The molecule has 1 aliphatic rings. The van der Waals surface area contributed by atoms with Gasteiger partial charge >= 0.3 is 0 Å². The summed E-state index contributed by atoms with van der Waals surface area (Å²) >= 11 is 0. The molecule has 1 amide bonds. The first-order valence-electron chi connectivity index (χ1n) is 11.0. The van der Waals surface area contributed by atoms with E-state index in [0.717, 1.165) is 17.5 Å². The summed E-state index contributed by atoms with van der Waals surface area (Å²) in [5.41, 5.74) is 3.74. The second-order valence-electron chi connectivity index (χ2n) is 8.64. The number of nitrogens with zero attached hydrogens (tertiary/aromatic N) is 3. The van der Waals surface area contributed by atoms with Crippen molar-refractivity contribution < 1.29 is 19.7 Å². The average Bonchev–Trinajstić information content (AvgIpc) is 3.13. The van der Waals surface area contributed by atoms with E-state index in [4.69, 9.17) is 4.74 Å². The number of hydrogen-bond acceptors (Lipinski definition) is 6. The van der Waals surface area contributed by atoms with Crippen LogP contribution >= 0.6 is 0 Å². The van der Waals surface area contributed by atoms with E-state index in [1.54, 1.807) is 25.0 Å². The van der Waals surface area contributed by atoms with Crippen LogP contribution in [0, 0.1) is 5.92 Å². The molecule has 0 aliphatic carbocycles. The molecule has 4 rings (SSSR count). The normalized spacial score (nSPS) is 15.0. The Morgan fingerprint density at radius 2 is 1.88 bits per heavy atom. The lowest BCUT2D eigenvalue weighted by molar-refractivity contribution is 0.0661. The molecule has 0 fully saturated rings. The maximum atomic E-state index is 13.3. The molecule has 0 saturated carbocycles. The number of ether oxygens (including phenoxy) is 1. The van der Waals surface area contributed by atoms with Crippen molar-refractivity contribution in [3.8, 4) is 22.9 Å². The molecule has 2 atom stereocenters. The molecule has 2 heterocycles. The summed E-state index contributed by atoms with van der Waals surface area (Å²) in [6.45, 7) is 6.08. The molecule has 0 saturated heterocycles. The third-order valence-corrected chi connectivity index (χ3v) is 6.44. The van der Waals surface area contributed by atoms with Gasteiger partial charge in [0.1, 0.15) is 17.0 Å². The van der Waals surface area contributed by atoms with Crippen LogP contribution in [0.3, 0.4) is 0 Å². The van der Waals surface area contributed by atoms with Gasteiger partial charge in [0.25, 0.3) is 12.8 Å². The summed E-state index contributed by atoms with van der Waals surface area (Å²) < 4.78 is 5.52. The largest absolute Gasteiger partial charge is 0.506 e. The number of amides is 1. The topological polar surface area (TPSA) is 95.8 Å². The fourth-order valence-electron chi connectivity index (χ4n) is 4.32. The zero-order valence-corrected chi connectivity index (χ0v) is 18.9. The summed E-state index contributed by atoms with van der Waals surface area (Å²) in [4.78, 5) is 24.4. The molecule has 0 spiro atoms. The first-order valence-corrected chi connectivity index (χ1v) is 11.0. The van der Waals surface area contributed by atoms with E-state index in [0.29, 0.717) is 41.0 Å². The van der Waals surface area contributed by atoms with Crippen molar-refractivity contribution in [3.63, 3.8) is 0 Å². The molecule has 166 valence electrons. The highest BCUT2D eigenvalue weighted by Gasteiger charge is 2.35. The van der Waals surface area contributed by atoms with Gasteiger partial charge in [-0.1, -0.05) is 38.4 Å². The summed E-state index contributed by atoms with van der Waals surface area (Å²) in [5.74, 6) is 0.637. The number of benzene rings is 2. The van der Waals surface area contributed by atoms with Gasteiger partial charge in [-0.05, 0) is 42.9 Å². The number of rotatable bonds is 7. The standard InChI is InChI=1S/C24H28BN3O4/c1-14(11-12-25(3)31)15(2)28-13-18-16(7-5-8-17(18)24(28)30)21-23(32-4)26-19-9-6-10-20(29)22(19)27-21/h5-10,14-15,29,31H,11-13H2,1-4H3. The van der Waals surface area contributed by atoms with Crippen LogP contribution in [0.1, 0.15) is 36.2 Å². The van der Waals surface area contributed by atoms with Gasteiger partial charge in [-0.3, -0.25) is 4.79 Å². The highest BCUT2D eigenvalue weighted by molar-refractivity contribution is 6.48. The van der Waals surface area contributed by atoms with Crippen LogP contribution in [0.25, 0.3) is 22.3 Å². The zero-order valence-electron chi connectivity index (χ0n) is 18.9. The molecule has 32 heavy (non-hydrogen) atoms. The summed E-state index contributed by atoms with van der Waals surface area (Å²) in [5, 5.41) is 19.9. The summed E-state index contributed by atoms with van der Waals surface area (Å²) in [7, 11) is 1.54. The first-order chi connectivity index (χ1) is 15.3. The number of carbonyl (C=O) groups is 1. The summed E-state index contributed by atoms with van der Waals surface area (Å²) in [6.07, 6.45) is 1.55. The molecule has 0 radical (unpaired) electrons. The Kier molecular flexibility index (Phi) is 6.06. The number of aromatic hydroxyl groups is 1. The third-order valence-electron chi connectivity index (χ3n) is 6.44. The Balaban J connectivity index is 1.73. The monoisotopic (exact) mass is 433 g/mol. The van der Waals surface area contributed by atoms with Crippen LogP contribution in [-0.2, 0) is 6.54 Å². The molecule has 1 aliphatic heterocycles. The van der Waals surface area contributed by atoms with Gasteiger partial charge in [-0.2, -0.15) is 0 Å². The Labute approximate surface area is 188 Å². The van der Waals surface area contributed by atoms with Gasteiger partial charge in [-0.25, -0.2) is 9.97 Å². The molecule has 2 aromatic carbocycles. The quantitative estimate of drug-likeness (QED) is 0.547. The fraction of sp³-hybridized carbons (Fsp3) is 0.375. The predicted octanol–water partition coefficient (Wildman–Crippen LogP) is 4.00. The number of phenolic OH excluding ortho intramolecular Hbond substituents is 1. The highest BCUT2D eigenvalue weighted by Crippen LogP contribution is 2.38. The van der Waals surface area contributed by atoms with Crippen molar-refractivity contribution in [2.45, 2.75) is 46.0 Å². The lowest BCUT2D eigenvalue weighted by Gasteiger charge is -2.30. The molecule has 7 nitrogen and oxygen atoms in total. The molecule has 8 heteroatoms.